The van der Waals surface area contributed by atoms with Crippen molar-refractivity contribution in [3.05, 3.63) is 45.8 Å². The first-order chi connectivity index (χ1) is 9.05. The molecule has 0 fully saturated rings. The zero-order chi connectivity index (χ0) is 14.0. The Labute approximate surface area is 120 Å². The highest BCUT2D eigenvalue weighted by Crippen LogP contribution is 2.16. The fourth-order valence-corrected chi connectivity index (χ4v) is 2.09. The van der Waals surface area contributed by atoms with Gasteiger partial charge in [-0.05, 0) is 12.1 Å². The lowest BCUT2D eigenvalue weighted by Crippen LogP contribution is -2.25. The summed E-state index contributed by atoms with van der Waals surface area (Å²) in [7, 11) is 0. The average Bonchev–Trinajstić information content (AvgIpc) is 2.38. The summed E-state index contributed by atoms with van der Waals surface area (Å²) in [5, 5.41) is 9.22. The molecule has 0 spiro atoms. The average molecular weight is 375 g/mol. The number of fused-ring (bicyclic) bond motifs is 1. The number of H-pyrrole nitrogens is 1. The second-order valence-electron chi connectivity index (χ2n) is 3.97. The molecule has 0 saturated heterocycles. The van der Waals surface area contributed by atoms with Crippen molar-refractivity contribution in [2.24, 2.45) is 0 Å². The Hall–Kier alpha value is -1.53. The van der Waals surface area contributed by atoms with Gasteiger partial charge in [-0.1, -0.05) is 0 Å². The third-order valence-corrected chi connectivity index (χ3v) is 3.43. The molecule has 0 amide bonds. The Morgan fingerprint density at radius 3 is 2.68 bits per heavy atom. The maximum absolute atomic E-state index is 13.1. The number of benzene rings is 1. The number of hydrogen-bond donors (Lipinski definition) is 2. The van der Waals surface area contributed by atoms with E-state index < -0.39 is 23.2 Å². The molecule has 2 N–H and O–H groups in total. The van der Waals surface area contributed by atoms with Crippen molar-refractivity contribution in [1.29, 1.82) is 5.26 Å². The van der Waals surface area contributed by atoms with E-state index in [1.807, 2.05) is 28.9 Å². The predicted octanol–water partition coefficient (Wildman–Crippen LogP) is 2.18. The summed E-state index contributed by atoms with van der Waals surface area (Å²) in [4.78, 5) is 14.3. The van der Waals surface area contributed by atoms with Crippen LogP contribution in [0.15, 0.2) is 23.0 Å². The van der Waals surface area contributed by atoms with E-state index in [4.69, 9.17) is 5.26 Å². The highest BCUT2D eigenvalue weighted by atomic mass is 127. The Bertz CT molecular complexity index is 723. The molecular weight excluding hydrogens is 367 g/mol. The van der Waals surface area contributed by atoms with Gasteiger partial charge in [0.05, 0.1) is 11.6 Å². The molecule has 0 bridgehead atoms. The number of halogens is 3. The lowest BCUT2D eigenvalue weighted by atomic mass is 10.1. The quantitative estimate of drug-likeness (QED) is 0.639. The van der Waals surface area contributed by atoms with Gasteiger partial charge < -0.3 is 4.98 Å². The van der Waals surface area contributed by atoms with Gasteiger partial charge in [0.1, 0.15) is 6.04 Å². The van der Waals surface area contributed by atoms with E-state index in [1.165, 1.54) is 6.07 Å². The molecule has 2 rings (SSSR count). The first-order valence-corrected chi connectivity index (χ1v) is 6.39. The van der Waals surface area contributed by atoms with Crippen LogP contribution in [0.4, 0.5) is 8.78 Å². The van der Waals surface area contributed by atoms with Crippen LogP contribution < -0.4 is 9.09 Å². The summed E-state index contributed by atoms with van der Waals surface area (Å²) in [5.41, 5.74) is 0.156. The smallest absolute Gasteiger partial charge is 0.251 e. The number of aromatic nitrogens is 1. The van der Waals surface area contributed by atoms with Crippen LogP contribution in [0.5, 0.6) is 0 Å². The minimum absolute atomic E-state index is 0.184. The van der Waals surface area contributed by atoms with Gasteiger partial charge in [-0.2, -0.15) is 5.26 Å². The molecule has 0 radical (unpaired) electrons. The van der Waals surface area contributed by atoms with E-state index in [-0.39, 0.29) is 11.9 Å². The van der Waals surface area contributed by atoms with Gasteiger partial charge in [-0.25, -0.2) is 12.3 Å². The van der Waals surface area contributed by atoms with Gasteiger partial charge in [0.15, 0.2) is 11.6 Å². The molecule has 0 aliphatic heterocycles. The number of nitriles is 1. The van der Waals surface area contributed by atoms with Crippen LogP contribution in [0.25, 0.3) is 10.9 Å². The highest BCUT2D eigenvalue weighted by Gasteiger charge is 2.12. The summed E-state index contributed by atoms with van der Waals surface area (Å²) >= 11 is 1.82. The Kier molecular flexibility index (Phi) is 4.11. The maximum atomic E-state index is 13.1. The van der Waals surface area contributed by atoms with Crippen molar-refractivity contribution in [2.45, 2.75) is 12.5 Å². The van der Waals surface area contributed by atoms with E-state index >= 15 is 0 Å². The van der Waals surface area contributed by atoms with E-state index in [0.29, 0.717) is 10.9 Å². The summed E-state index contributed by atoms with van der Waals surface area (Å²) in [5.74, 6) is -1.99. The molecule has 1 aromatic heterocycles. The van der Waals surface area contributed by atoms with Gasteiger partial charge in [-0.3, -0.25) is 4.79 Å². The van der Waals surface area contributed by atoms with Crippen molar-refractivity contribution in [2.75, 3.05) is 0 Å². The normalized spacial score (nSPS) is 12.3. The zero-order valence-electron chi connectivity index (χ0n) is 9.51. The fourth-order valence-electron chi connectivity index (χ4n) is 1.73. The van der Waals surface area contributed by atoms with Crippen molar-refractivity contribution in [3.63, 3.8) is 0 Å². The van der Waals surface area contributed by atoms with Gasteiger partial charge in [0, 0.05) is 46.3 Å². The van der Waals surface area contributed by atoms with E-state index in [1.54, 1.807) is 0 Å². The van der Waals surface area contributed by atoms with Crippen LogP contribution in [0.2, 0.25) is 0 Å². The summed E-state index contributed by atoms with van der Waals surface area (Å²) < 4.78 is 28.9. The summed E-state index contributed by atoms with van der Waals surface area (Å²) in [6.07, 6.45) is 0.184. The third kappa shape index (κ3) is 2.90. The van der Waals surface area contributed by atoms with Gasteiger partial charge in [-0.15, -0.1) is 0 Å². The van der Waals surface area contributed by atoms with Crippen LogP contribution in [0.3, 0.4) is 0 Å². The SMILES string of the molecule is N#CC(Cc1cc2cc(F)c(F)cc2[nH]c1=O)NI. The van der Waals surface area contributed by atoms with E-state index in [2.05, 4.69) is 8.51 Å². The van der Waals surface area contributed by atoms with Crippen LogP contribution in [-0.2, 0) is 6.42 Å². The summed E-state index contributed by atoms with van der Waals surface area (Å²) in [6, 6.07) is 4.89. The molecule has 7 heteroatoms. The first kappa shape index (κ1) is 13.9. The van der Waals surface area contributed by atoms with E-state index in [0.717, 1.165) is 12.1 Å². The van der Waals surface area contributed by atoms with Crippen LogP contribution >= 0.6 is 22.9 Å². The molecule has 4 nitrogen and oxygen atoms in total. The Balaban J connectivity index is 2.53. The molecule has 0 aliphatic carbocycles. The molecule has 1 heterocycles. The van der Waals surface area contributed by atoms with Gasteiger partial charge in [0.25, 0.3) is 5.56 Å². The second kappa shape index (κ2) is 5.63. The number of aromatic amines is 1. The third-order valence-electron chi connectivity index (χ3n) is 2.67. The molecule has 98 valence electrons. The second-order valence-corrected chi connectivity index (χ2v) is 4.60. The van der Waals surface area contributed by atoms with Crippen molar-refractivity contribution >= 4 is 33.8 Å². The van der Waals surface area contributed by atoms with Gasteiger partial charge >= 0.3 is 0 Å². The van der Waals surface area contributed by atoms with Crippen molar-refractivity contribution < 1.29 is 8.78 Å². The number of nitrogens with zero attached hydrogens (tertiary/aromatic N) is 1. The highest BCUT2D eigenvalue weighted by molar-refractivity contribution is 14.1. The lowest BCUT2D eigenvalue weighted by molar-refractivity contribution is 0.510. The molecule has 1 aromatic carbocycles. The van der Waals surface area contributed by atoms with E-state index in [9.17, 15) is 13.6 Å². The standard InChI is InChI=1S/C12H8F2IN3O/c13-9-3-6-1-7(2-8(5-16)18-15)12(19)17-11(6)4-10(9)14/h1,3-4,8,18H,2H2,(H,17,19). The molecule has 19 heavy (non-hydrogen) atoms. The monoisotopic (exact) mass is 375 g/mol. The number of hydrogen-bond acceptors (Lipinski definition) is 3. The Morgan fingerprint density at radius 2 is 2.05 bits per heavy atom. The maximum Gasteiger partial charge on any atom is 0.251 e. The number of nitrogens with one attached hydrogen (secondary N) is 2. The zero-order valence-corrected chi connectivity index (χ0v) is 11.7. The lowest BCUT2D eigenvalue weighted by Gasteiger charge is -2.07. The topological polar surface area (TPSA) is 68.7 Å². The molecule has 0 aliphatic rings. The van der Waals surface area contributed by atoms with Crippen molar-refractivity contribution in [1.82, 2.24) is 8.51 Å². The number of rotatable bonds is 3. The van der Waals surface area contributed by atoms with Crippen LogP contribution in [0, 0.1) is 23.0 Å². The minimum atomic E-state index is -1.01. The molecule has 2 aromatic rings. The largest absolute Gasteiger partial charge is 0.322 e. The first-order valence-electron chi connectivity index (χ1n) is 5.32. The molecular formula is C12H8F2IN3O. The van der Waals surface area contributed by atoms with Crippen LogP contribution in [-0.4, -0.2) is 11.0 Å². The summed E-state index contributed by atoms with van der Waals surface area (Å²) in [6.45, 7) is 0. The molecule has 1 atom stereocenters. The Morgan fingerprint density at radius 1 is 1.37 bits per heavy atom. The molecule has 1 unspecified atom stereocenters. The fraction of sp³-hybridized carbons (Fsp3) is 0.167. The molecule has 0 saturated carbocycles. The van der Waals surface area contributed by atoms with Crippen molar-refractivity contribution in [3.8, 4) is 6.07 Å². The predicted molar refractivity (Wildman–Crippen MR) is 74.7 cm³/mol. The van der Waals surface area contributed by atoms with Crippen LogP contribution in [0.1, 0.15) is 5.56 Å². The minimum Gasteiger partial charge on any atom is -0.322 e. The van der Waals surface area contributed by atoms with Gasteiger partial charge in [0.2, 0.25) is 0 Å². The number of pyridine rings is 1.